The number of carbonyl (C=O) groups is 3. The van der Waals surface area contributed by atoms with Crippen molar-refractivity contribution in [3.05, 3.63) is 11.3 Å². The number of hydrogen-bond acceptors (Lipinski definition) is 8. The highest BCUT2D eigenvalue weighted by atomic mass is 32.2. The maximum absolute atomic E-state index is 12.2. The van der Waals surface area contributed by atoms with E-state index in [-0.39, 0.29) is 23.8 Å². The second-order valence-corrected chi connectivity index (χ2v) is 6.89. The topological polar surface area (TPSA) is 120 Å². The fraction of sp³-hybridized carbons (Fsp3) is 0.500. The quantitative estimate of drug-likeness (QED) is 0.282. The second-order valence-electron chi connectivity index (χ2n) is 4.83. The first kappa shape index (κ1) is 15.2. The fourth-order valence-corrected chi connectivity index (χ4v) is 4.26. The number of nitrogens with zero attached hydrogens (tertiary/aromatic N) is 2. The number of hydrogen-bond donors (Lipinski definition) is 2. The molecule has 0 aromatic rings. The summed E-state index contributed by atoms with van der Waals surface area (Å²) in [7, 11) is 0. The zero-order valence-electron chi connectivity index (χ0n) is 11.2. The molecule has 0 spiro atoms. The van der Waals surface area contributed by atoms with Crippen molar-refractivity contribution in [2.75, 3.05) is 23.9 Å². The predicted molar refractivity (Wildman–Crippen MR) is 77.1 cm³/mol. The monoisotopic (exact) mass is 341 g/mol. The number of aliphatic hydroxyl groups is 1. The molecule has 0 bridgehead atoms. The minimum Gasteiger partial charge on any atom is -0.456 e. The molecule has 0 aromatic heterocycles. The number of carbonyl (C=O) groups excluding carboxylic acids is 3. The summed E-state index contributed by atoms with van der Waals surface area (Å²) < 4.78 is 4.89. The van der Waals surface area contributed by atoms with Crippen LogP contribution in [0.3, 0.4) is 0 Å². The molecule has 0 aliphatic carbocycles. The van der Waals surface area contributed by atoms with Crippen molar-refractivity contribution in [3.8, 4) is 6.07 Å². The molecule has 2 atom stereocenters. The number of cyclic esters (lactones) is 1. The van der Waals surface area contributed by atoms with Gasteiger partial charge in [-0.2, -0.15) is 5.26 Å². The van der Waals surface area contributed by atoms with Crippen LogP contribution >= 0.6 is 23.5 Å². The Morgan fingerprint density at radius 3 is 3.14 bits per heavy atom. The van der Waals surface area contributed by atoms with Crippen LogP contribution in [0.1, 0.15) is 0 Å². The lowest BCUT2D eigenvalue weighted by atomic mass is 9.99. The number of fused-ring (bicyclic) bond motifs is 2. The van der Waals surface area contributed by atoms with Gasteiger partial charge in [-0.25, -0.2) is 4.79 Å². The first-order chi connectivity index (χ1) is 10.5. The number of β-lactam (4-membered cyclic amide) rings is 1. The van der Waals surface area contributed by atoms with Gasteiger partial charge in [-0.05, 0) is 0 Å². The van der Waals surface area contributed by atoms with Gasteiger partial charge in [0, 0.05) is 11.3 Å². The highest BCUT2D eigenvalue weighted by molar-refractivity contribution is 8.00. The molecule has 8 nitrogen and oxygen atoms in total. The van der Waals surface area contributed by atoms with Crippen molar-refractivity contribution in [2.45, 2.75) is 11.1 Å². The summed E-state index contributed by atoms with van der Waals surface area (Å²) in [6.07, 6.45) is 0. The van der Waals surface area contributed by atoms with Crippen molar-refractivity contribution in [2.24, 2.45) is 0 Å². The summed E-state index contributed by atoms with van der Waals surface area (Å²) in [5.74, 6) is -1.29. The molecule has 3 aliphatic rings. The SMILES string of the molecule is N#CCSCC(=O)N[C@]1(O)C(=O)N2C3=C(COC3=O)CS[C@@H]21. The molecule has 0 unspecified atom stereocenters. The van der Waals surface area contributed by atoms with E-state index >= 15 is 0 Å². The minimum absolute atomic E-state index is 0.0312. The van der Waals surface area contributed by atoms with E-state index in [4.69, 9.17) is 10.00 Å². The number of thioether (sulfide) groups is 2. The second kappa shape index (κ2) is 5.49. The van der Waals surface area contributed by atoms with Gasteiger partial charge in [0.1, 0.15) is 17.7 Å². The maximum Gasteiger partial charge on any atom is 0.355 e. The summed E-state index contributed by atoms with van der Waals surface area (Å²) >= 11 is 2.35. The Hall–Kier alpha value is -1.70. The Morgan fingerprint density at radius 2 is 2.41 bits per heavy atom. The normalized spacial score (nSPS) is 29.3. The Bertz CT molecular complexity index is 643. The Labute approximate surface area is 133 Å². The van der Waals surface area contributed by atoms with Crippen LogP contribution in [0.15, 0.2) is 11.3 Å². The van der Waals surface area contributed by atoms with Crippen molar-refractivity contribution >= 4 is 41.3 Å². The van der Waals surface area contributed by atoms with Crippen LogP contribution in [0.25, 0.3) is 0 Å². The summed E-state index contributed by atoms with van der Waals surface area (Å²) in [6, 6.07) is 1.88. The zero-order chi connectivity index (χ0) is 15.9. The molecule has 3 heterocycles. The summed E-state index contributed by atoms with van der Waals surface area (Å²) in [6.45, 7) is 0.160. The third-order valence-electron chi connectivity index (χ3n) is 3.43. The third kappa shape index (κ3) is 2.16. The van der Waals surface area contributed by atoms with Crippen LogP contribution in [0.5, 0.6) is 0 Å². The van der Waals surface area contributed by atoms with E-state index in [1.165, 1.54) is 16.7 Å². The molecular formula is C12H11N3O5S2. The zero-order valence-corrected chi connectivity index (χ0v) is 12.8. The molecular weight excluding hydrogens is 330 g/mol. The molecule has 3 aliphatic heterocycles. The maximum atomic E-state index is 12.2. The van der Waals surface area contributed by atoms with Gasteiger partial charge in [0.25, 0.3) is 11.6 Å². The largest absolute Gasteiger partial charge is 0.456 e. The van der Waals surface area contributed by atoms with Gasteiger partial charge < -0.3 is 15.2 Å². The van der Waals surface area contributed by atoms with Gasteiger partial charge in [0.15, 0.2) is 0 Å². The molecule has 0 saturated carbocycles. The van der Waals surface area contributed by atoms with Crippen LogP contribution < -0.4 is 5.32 Å². The molecule has 10 heteroatoms. The van der Waals surface area contributed by atoms with Gasteiger partial charge in [0.2, 0.25) is 5.91 Å². The van der Waals surface area contributed by atoms with Crippen LogP contribution in [0, 0.1) is 11.3 Å². The lowest BCUT2D eigenvalue weighted by molar-refractivity contribution is -0.185. The average Bonchev–Trinajstić information content (AvgIpc) is 2.87. The van der Waals surface area contributed by atoms with E-state index in [0.717, 1.165) is 17.3 Å². The van der Waals surface area contributed by atoms with Gasteiger partial charge >= 0.3 is 5.97 Å². The smallest absolute Gasteiger partial charge is 0.355 e. The standard InChI is InChI=1S/C12H11N3O5S2/c13-1-2-21-5-7(16)14-12(19)10(18)15-8-6(3-20-9(8)17)4-22-11(12)15/h11,19H,2-5H2,(H,14,16)/t11-,12+/m1/s1. The van der Waals surface area contributed by atoms with E-state index in [9.17, 15) is 19.5 Å². The van der Waals surface area contributed by atoms with E-state index in [1.54, 1.807) is 0 Å². The lowest BCUT2D eigenvalue weighted by Crippen LogP contribution is -2.79. The molecule has 2 amide bonds. The number of esters is 1. The highest BCUT2D eigenvalue weighted by Gasteiger charge is 2.65. The van der Waals surface area contributed by atoms with E-state index < -0.39 is 28.9 Å². The molecule has 1 fully saturated rings. The van der Waals surface area contributed by atoms with Gasteiger partial charge in [-0.15, -0.1) is 23.5 Å². The molecule has 1 saturated heterocycles. The Morgan fingerprint density at radius 1 is 1.64 bits per heavy atom. The highest BCUT2D eigenvalue weighted by Crippen LogP contribution is 2.46. The Balaban J connectivity index is 1.71. The molecule has 0 aromatic carbocycles. The predicted octanol–water partition coefficient (Wildman–Crippen LogP) is -1.23. The minimum atomic E-state index is -2.02. The van der Waals surface area contributed by atoms with Crippen LogP contribution in [0.2, 0.25) is 0 Å². The molecule has 0 radical (unpaired) electrons. The average molecular weight is 341 g/mol. The van der Waals surface area contributed by atoms with Crippen LogP contribution in [0.4, 0.5) is 0 Å². The van der Waals surface area contributed by atoms with Crippen molar-refractivity contribution in [1.82, 2.24) is 10.2 Å². The van der Waals surface area contributed by atoms with E-state index in [2.05, 4.69) is 5.32 Å². The van der Waals surface area contributed by atoms with Crippen molar-refractivity contribution in [1.29, 1.82) is 5.26 Å². The van der Waals surface area contributed by atoms with E-state index in [1.807, 2.05) is 6.07 Å². The van der Waals surface area contributed by atoms with Crippen molar-refractivity contribution < 1.29 is 24.2 Å². The van der Waals surface area contributed by atoms with E-state index in [0.29, 0.717) is 5.75 Å². The lowest BCUT2D eigenvalue weighted by Gasteiger charge is -2.53. The number of ether oxygens (including phenoxy) is 1. The molecule has 116 valence electrons. The summed E-state index contributed by atoms with van der Waals surface area (Å²) in [5.41, 5.74) is -1.11. The van der Waals surface area contributed by atoms with Crippen LogP contribution in [-0.4, -0.2) is 62.8 Å². The van der Waals surface area contributed by atoms with Gasteiger partial charge in [0.05, 0.1) is 17.6 Å². The number of amides is 2. The number of rotatable bonds is 4. The molecule has 2 N–H and O–H groups in total. The number of nitriles is 1. The van der Waals surface area contributed by atoms with Gasteiger partial charge in [-0.1, -0.05) is 0 Å². The number of nitrogens with one attached hydrogen (secondary N) is 1. The van der Waals surface area contributed by atoms with Crippen LogP contribution in [-0.2, 0) is 19.1 Å². The third-order valence-corrected chi connectivity index (χ3v) is 5.61. The van der Waals surface area contributed by atoms with Gasteiger partial charge in [-0.3, -0.25) is 14.5 Å². The summed E-state index contributed by atoms with van der Waals surface area (Å²) in [5, 5.41) is 20.4. The Kier molecular flexibility index (Phi) is 3.80. The molecule has 3 rings (SSSR count). The fourth-order valence-electron chi connectivity index (χ4n) is 2.48. The first-order valence-corrected chi connectivity index (χ1v) is 8.52. The summed E-state index contributed by atoms with van der Waals surface area (Å²) in [4.78, 5) is 36.8. The first-order valence-electron chi connectivity index (χ1n) is 6.31. The molecule has 22 heavy (non-hydrogen) atoms. The van der Waals surface area contributed by atoms with Crippen molar-refractivity contribution in [3.63, 3.8) is 0 Å².